The fourth-order valence-corrected chi connectivity index (χ4v) is 1.99. The van der Waals surface area contributed by atoms with E-state index in [1.165, 1.54) is 18.2 Å². The normalized spacial score (nSPS) is 11.3. The third-order valence-electron chi connectivity index (χ3n) is 3.62. The van der Waals surface area contributed by atoms with Gasteiger partial charge in [0, 0.05) is 18.5 Å². The van der Waals surface area contributed by atoms with Crippen molar-refractivity contribution >= 4 is 23.8 Å². The molecule has 1 aromatic rings. The van der Waals surface area contributed by atoms with Gasteiger partial charge in [0.25, 0.3) is 5.91 Å². The van der Waals surface area contributed by atoms with Gasteiger partial charge in [-0.15, -0.1) is 0 Å². The summed E-state index contributed by atoms with van der Waals surface area (Å²) in [4.78, 5) is 35.4. The van der Waals surface area contributed by atoms with E-state index in [0.717, 1.165) is 0 Å². The molecule has 0 spiro atoms. The molecule has 0 unspecified atom stereocenters. The van der Waals surface area contributed by atoms with E-state index >= 15 is 0 Å². The predicted molar refractivity (Wildman–Crippen MR) is 105 cm³/mol. The molecule has 0 saturated heterocycles. The molecule has 8 heteroatoms. The highest BCUT2D eigenvalue weighted by Gasteiger charge is 2.21. The molecule has 0 atom stereocenters. The number of phenolic OH excluding ortho intramolecular Hbond substituents is 1. The standard InChI is InChI=1S/C20H26N4O4/c1-20(2,3)19(28)24-13-17(26)22-9-4-10-23-18(27)15(12-21)11-14-5-7-16(25)8-6-14/h5-8,11,25H,4,9-10,13H2,1-3H3,(H,22,26)(H,23,27)(H,24,28)/b15-11+. The first kappa shape index (κ1) is 22.7. The lowest BCUT2D eigenvalue weighted by molar-refractivity contribution is -0.131. The van der Waals surface area contributed by atoms with Gasteiger partial charge in [0.1, 0.15) is 17.4 Å². The number of nitrogens with one attached hydrogen (secondary N) is 3. The maximum atomic E-state index is 12.0. The number of hydrogen-bond acceptors (Lipinski definition) is 5. The van der Waals surface area contributed by atoms with Crippen LogP contribution >= 0.6 is 0 Å². The van der Waals surface area contributed by atoms with Gasteiger partial charge in [0.05, 0.1) is 6.54 Å². The fraction of sp³-hybridized carbons (Fsp3) is 0.400. The Kier molecular flexibility index (Phi) is 8.69. The van der Waals surface area contributed by atoms with Crippen molar-refractivity contribution < 1.29 is 19.5 Å². The average Bonchev–Trinajstić information content (AvgIpc) is 2.64. The maximum absolute atomic E-state index is 12.0. The van der Waals surface area contributed by atoms with E-state index in [9.17, 15) is 19.5 Å². The summed E-state index contributed by atoms with van der Waals surface area (Å²) in [6.45, 7) is 5.78. The number of carbonyl (C=O) groups excluding carboxylic acids is 3. The van der Waals surface area contributed by atoms with Crippen molar-refractivity contribution in [2.75, 3.05) is 19.6 Å². The van der Waals surface area contributed by atoms with Gasteiger partial charge < -0.3 is 21.1 Å². The van der Waals surface area contributed by atoms with Gasteiger partial charge in [-0.3, -0.25) is 14.4 Å². The molecule has 0 fully saturated rings. The van der Waals surface area contributed by atoms with Crippen molar-refractivity contribution in [2.45, 2.75) is 27.2 Å². The zero-order valence-corrected chi connectivity index (χ0v) is 16.3. The minimum atomic E-state index is -0.559. The summed E-state index contributed by atoms with van der Waals surface area (Å²) in [6.07, 6.45) is 1.90. The van der Waals surface area contributed by atoms with Crippen LogP contribution in [0.15, 0.2) is 29.8 Å². The second-order valence-corrected chi connectivity index (χ2v) is 7.15. The van der Waals surface area contributed by atoms with Gasteiger partial charge in [-0.1, -0.05) is 32.9 Å². The Morgan fingerprint density at radius 2 is 1.68 bits per heavy atom. The summed E-state index contributed by atoms with van der Waals surface area (Å²) in [7, 11) is 0. The molecule has 0 aliphatic carbocycles. The summed E-state index contributed by atoms with van der Waals surface area (Å²) in [6, 6.07) is 7.95. The second-order valence-electron chi connectivity index (χ2n) is 7.15. The van der Waals surface area contributed by atoms with Crippen LogP contribution in [0.4, 0.5) is 0 Å². The highest BCUT2D eigenvalue weighted by molar-refractivity contribution is 6.01. The zero-order valence-electron chi connectivity index (χ0n) is 16.3. The molecule has 0 aromatic heterocycles. The molecule has 150 valence electrons. The van der Waals surface area contributed by atoms with Gasteiger partial charge in [0.2, 0.25) is 11.8 Å². The van der Waals surface area contributed by atoms with Crippen LogP contribution in [-0.4, -0.2) is 42.5 Å². The highest BCUT2D eigenvalue weighted by atomic mass is 16.3. The largest absolute Gasteiger partial charge is 0.508 e. The SMILES string of the molecule is CC(C)(C)C(=O)NCC(=O)NCCCNC(=O)/C(C#N)=C/c1ccc(O)cc1. The monoisotopic (exact) mass is 386 g/mol. The van der Waals surface area contributed by atoms with Crippen molar-refractivity contribution in [3.63, 3.8) is 0 Å². The Labute approximate surface area is 164 Å². The van der Waals surface area contributed by atoms with Crippen LogP contribution in [0.25, 0.3) is 6.08 Å². The van der Waals surface area contributed by atoms with E-state index in [-0.39, 0.29) is 36.2 Å². The van der Waals surface area contributed by atoms with Crippen LogP contribution in [0.1, 0.15) is 32.8 Å². The van der Waals surface area contributed by atoms with Crippen LogP contribution in [0, 0.1) is 16.7 Å². The smallest absolute Gasteiger partial charge is 0.261 e. The number of aromatic hydroxyl groups is 1. The molecular formula is C20H26N4O4. The fourth-order valence-electron chi connectivity index (χ4n) is 1.99. The second kappa shape index (κ2) is 10.7. The number of benzene rings is 1. The molecule has 1 aromatic carbocycles. The van der Waals surface area contributed by atoms with Crippen LogP contribution in [-0.2, 0) is 14.4 Å². The number of carbonyl (C=O) groups is 3. The Bertz CT molecular complexity index is 771. The Balaban J connectivity index is 2.32. The topological polar surface area (TPSA) is 131 Å². The van der Waals surface area contributed by atoms with Crippen molar-refractivity contribution in [2.24, 2.45) is 5.41 Å². The molecule has 1 rings (SSSR count). The van der Waals surface area contributed by atoms with Gasteiger partial charge in [0.15, 0.2) is 0 Å². The third-order valence-corrected chi connectivity index (χ3v) is 3.62. The molecule has 0 heterocycles. The van der Waals surface area contributed by atoms with Crippen molar-refractivity contribution in [1.29, 1.82) is 5.26 Å². The average molecular weight is 386 g/mol. The van der Waals surface area contributed by atoms with E-state index in [1.54, 1.807) is 32.9 Å². The van der Waals surface area contributed by atoms with Gasteiger partial charge in [-0.05, 0) is 30.2 Å². The Morgan fingerprint density at radius 3 is 2.25 bits per heavy atom. The molecule has 0 aliphatic heterocycles. The van der Waals surface area contributed by atoms with Gasteiger partial charge in [-0.25, -0.2) is 0 Å². The van der Waals surface area contributed by atoms with E-state index < -0.39 is 11.3 Å². The molecule has 4 N–H and O–H groups in total. The van der Waals surface area contributed by atoms with Crippen LogP contribution < -0.4 is 16.0 Å². The van der Waals surface area contributed by atoms with Gasteiger partial charge in [-0.2, -0.15) is 5.26 Å². The van der Waals surface area contributed by atoms with Crippen molar-refractivity contribution in [3.05, 3.63) is 35.4 Å². The molecule has 3 amide bonds. The Morgan fingerprint density at radius 1 is 1.07 bits per heavy atom. The number of nitriles is 1. The summed E-state index contributed by atoms with van der Waals surface area (Å²) < 4.78 is 0. The molecular weight excluding hydrogens is 360 g/mol. The van der Waals surface area contributed by atoms with Crippen LogP contribution in [0.3, 0.4) is 0 Å². The molecule has 0 bridgehead atoms. The quantitative estimate of drug-likeness (QED) is 0.302. The number of phenols is 1. The zero-order chi connectivity index (χ0) is 21.2. The van der Waals surface area contributed by atoms with Crippen LogP contribution in [0.5, 0.6) is 5.75 Å². The lowest BCUT2D eigenvalue weighted by Gasteiger charge is -2.17. The first-order valence-electron chi connectivity index (χ1n) is 8.87. The Hall–Kier alpha value is -3.34. The third kappa shape index (κ3) is 8.36. The predicted octanol–water partition coefficient (Wildman–Crippen LogP) is 1.08. The maximum Gasteiger partial charge on any atom is 0.261 e. The van der Waals surface area contributed by atoms with Gasteiger partial charge >= 0.3 is 0 Å². The lowest BCUT2D eigenvalue weighted by atomic mass is 9.96. The minimum absolute atomic E-state index is 0.0559. The van der Waals surface area contributed by atoms with E-state index in [4.69, 9.17) is 5.26 Å². The van der Waals surface area contributed by atoms with Crippen molar-refractivity contribution in [1.82, 2.24) is 16.0 Å². The number of amides is 3. The first-order valence-corrected chi connectivity index (χ1v) is 8.87. The summed E-state index contributed by atoms with van der Waals surface area (Å²) >= 11 is 0. The van der Waals surface area contributed by atoms with E-state index in [2.05, 4.69) is 16.0 Å². The van der Waals surface area contributed by atoms with Crippen LogP contribution in [0.2, 0.25) is 0 Å². The molecule has 8 nitrogen and oxygen atoms in total. The lowest BCUT2D eigenvalue weighted by Crippen LogP contribution is -2.42. The molecule has 0 aliphatic rings. The highest BCUT2D eigenvalue weighted by Crippen LogP contribution is 2.13. The summed E-state index contributed by atoms with van der Waals surface area (Å²) in [5.41, 5.74) is 0.00473. The number of rotatable bonds is 8. The first-order chi connectivity index (χ1) is 13.1. The molecule has 28 heavy (non-hydrogen) atoms. The summed E-state index contributed by atoms with van der Waals surface area (Å²) in [5, 5.41) is 26.2. The number of nitrogens with zero attached hydrogens (tertiary/aromatic N) is 1. The molecule has 0 radical (unpaired) electrons. The van der Waals surface area contributed by atoms with E-state index in [0.29, 0.717) is 18.5 Å². The summed E-state index contributed by atoms with van der Waals surface area (Å²) in [5.74, 6) is -0.937. The molecule has 0 saturated carbocycles. The van der Waals surface area contributed by atoms with Crippen molar-refractivity contribution in [3.8, 4) is 11.8 Å². The number of hydrogen-bond donors (Lipinski definition) is 4. The minimum Gasteiger partial charge on any atom is -0.508 e. The van der Waals surface area contributed by atoms with E-state index in [1.807, 2.05) is 6.07 Å².